The van der Waals surface area contributed by atoms with Crippen LogP contribution < -0.4 is 5.73 Å². The number of halogens is 3. The largest absolute Gasteiger partial charge is 0.481 e. The normalized spacial score (nSPS) is 14.0. The van der Waals surface area contributed by atoms with E-state index in [2.05, 4.69) is 0 Å². The minimum absolute atomic E-state index is 0.0249. The van der Waals surface area contributed by atoms with Gasteiger partial charge in [-0.15, -0.1) is 0 Å². The molecule has 0 aromatic rings. The smallest absolute Gasteiger partial charge is 0.303 e. The quantitative estimate of drug-likeness (QED) is 0.564. The molecule has 0 saturated heterocycles. The van der Waals surface area contributed by atoms with Crippen LogP contribution in [-0.4, -0.2) is 34.1 Å². The highest BCUT2D eigenvalue weighted by Gasteiger charge is 2.32. The Hall–Kier alpha value is 0.260. The van der Waals surface area contributed by atoms with Crippen LogP contribution in [0.3, 0.4) is 0 Å². The molecule has 0 aromatic carbocycles. The van der Waals surface area contributed by atoms with Crippen molar-refractivity contribution in [3.63, 3.8) is 0 Å². The first-order valence-corrected chi connectivity index (χ1v) is 5.11. The fraction of sp³-hybridized carbons (Fsp3) is 0.857. The van der Waals surface area contributed by atoms with E-state index in [0.29, 0.717) is 6.42 Å². The molecule has 0 heterocycles. The van der Waals surface area contributed by atoms with Gasteiger partial charge in [0.1, 0.15) is 6.10 Å². The number of aliphatic carboxylic acids is 1. The van der Waals surface area contributed by atoms with Crippen LogP contribution in [0.4, 0.5) is 0 Å². The number of hydrogen-bond acceptors (Lipinski definition) is 3. The van der Waals surface area contributed by atoms with Gasteiger partial charge in [-0.3, -0.25) is 4.79 Å². The summed E-state index contributed by atoms with van der Waals surface area (Å²) in [7, 11) is 0. The van der Waals surface area contributed by atoms with Crippen molar-refractivity contribution in [2.24, 2.45) is 5.73 Å². The van der Waals surface area contributed by atoms with Crippen LogP contribution in [0, 0.1) is 0 Å². The maximum absolute atomic E-state index is 10.2. The Kier molecular flexibility index (Phi) is 6.81. The van der Waals surface area contributed by atoms with E-state index in [1.54, 1.807) is 0 Å². The topological polar surface area (TPSA) is 72.5 Å². The predicted octanol–water partition coefficient (Wildman–Crippen LogP) is 1.57. The molecule has 4 nitrogen and oxygen atoms in total. The molecule has 0 fully saturated rings. The standard InChI is InChI=1S/C7H12Cl3NO3/c8-7(9,10)5(4-11)14-3-1-2-6(12)13/h5H,1-4,11H2,(H,12,13)/t5-/m1/s1. The lowest BCUT2D eigenvalue weighted by Gasteiger charge is -2.22. The highest BCUT2D eigenvalue weighted by atomic mass is 35.6. The zero-order valence-corrected chi connectivity index (χ0v) is 9.65. The van der Waals surface area contributed by atoms with Gasteiger partial charge in [-0.1, -0.05) is 34.8 Å². The second-order valence-corrected chi connectivity index (χ2v) is 5.00. The molecule has 0 spiro atoms. The summed E-state index contributed by atoms with van der Waals surface area (Å²) < 4.78 is 3.55. The first-order valence-electron chi connectivity index (χ1n) is 3.98. The van der Waals surface area contributed by atoms with Crippen molar-refractivity contribution in [1.82, 2.24) is 0 Å². The van der Waals surface area contributed by atoms with Gasteiger partial charge in [0, 0.05) is 19.6 Å². The summed E-state index contributed by atoms with van der Waals surface area (Å²) in [5.74, 6) is -0.883. The third-order valence-electron chi connectivity index (χ3n) is 1.43. The van der Waals surface area contributed by atoms with Crippen molar-refractivity contribution < 1.29 is 14.6 Å². The van der Waals surface area contributed by atoms with Crippen LogP contribution >= 0.6 is 34.8 Å². The summed E-state index contributed by atoms with van der Waals surface area (Å²) in [5, 5.41) is 8.34. The molecule has 0 aromatic heterocycles. The van der Waals surface area contributed by atoms with Gasteiger partial charge >= 0.3 is 5.97 Å². The average Bonchev–Trinajstić information content (AvgIpc) is 2.01. The molecule has 0 rings (SSSR count). The van der Waals surface area contributed by atoms with Gasteiger partial charge in [0.05, 0.1) is 0 Å². The van der Waals surface area contributed by atoms with Crippen molar-refractivity contribution in [1.29, 1.82) is 0 Å². The lowest BCUT2D eigenvalue weighted by molar-refractivity contribution is -0.137. The SMILES string of the molecule is NC[C@@H](OCCCC(=O)O)C(Cl)(Cl)Cl. The number of alkyl halides is 3. The van der Waals surface area contributed by atoms with E-state index >= 15 is 0 Å². The van der Waals surface area contributed by atoms with Gasteiger partial charge in [-0.2, -0.15) is 0 Å². The molecule has 0 aliphatic rings. The molecular formula is C7H12Cl3NO3. The maximum Gasteiger partial charge on any atom is 0.303 e. The number of hydrogen-bond donors (Lipinski definition) is 2. The van der Waals surface area contributed by atoms with Crippen molar-refractivity contribution >= 4 is 40.8 Å². The fourth-order valence-corrected chi connectivity index (χ4v) is 1.20. The van der Waals surface area contributed by atoms with E-state index in [1.165, 1.54) is 0 Å². The molecule has 0 radical (unpaired) electrons. The van der Waals surface area contributed by atoms with Gasteiger partial charge in [0.2, 0.25) is 3.79 Å². The van der Waals surface area contributed by atoms with Crippen molar-refractivity contribution in [2.75, 3.05) is 13.2 Å². The van der Waals surface area contributed by atoms with Crippen molar-refractivity contribution in [3.05, 3.63) is 0 Å². The zero-order chi connectivity index (χ0) is 11.2. The predicted molar refractivity (Wildman–Crippen MR) is 56.0 cm³/mol. The van der Waals surface area contributed by atoms with E-state index in [1.807, 2.05) is 0 Å². The Labute approximate surface area is 97.2 Å². The third-order valence-corrected chi connectivity index (χ3v) is 2.16. The summed E-state index contributed by atoms with van der Waals surface area (Å²) >= 11 is 16.7. The monoisotopic (exact) mass is 263 g/mol. The Morgan fingerprint density at radius 1 is 1.50 bits per heavy atom. The molecule has 84 valence electrons. The number of carboxylic acid groups (broad SMARTS) is 1. The van der Waals surface area contributed by atoms with E-state index in [4.69, 9.17) is 50.4 Å². The van der Waals surface area contributed by atoms with Gasteiger partial charge < -0.3 is 15.6 Å². The van der Waals surface area contributed by atoms with Crippen molar-refractivity contribution in [3.8, 4) is 0 Å². The first kappa shape index (κ1) is 14.3. The van der Waals surface area contributed by atoms with Gasteiger partial charge in [0.15, 0.2) is 0 Å². The summed E-state index contributed by atoms with van der Waals surface area (Å²) in [5.41, 5.74) is 5.31. The van der Waals surface area contributed by atoms with Crippen LogP contribution in [0.25, 0.3) is 0 Å². The van der Waals surface area contributed by atoms with Crippen LogP contribution in [0.2, 0.25) is 0 Å². The second kappa shape index (κ2) is 6.69. The molecule has 0 unspecified atom stereocenters. The average molecular weight is 265 g/mol. The molecule has 3 N–H and O–H groups in total. The number of rotatable bonds is 6. The number of nitrogens with two attached hydrogens (primary N) is 1. The molecule has 0 aliphatic heterocycles. The molecule has 1 atom stereocenters. The lowest BCUT2D eigenvalue weighted by Crippen LogP contribution is -2.36. The Morgan fingerprint density at radius 2 is 2.07 bits per heavy atom. The molecule has 0 aliphatic carbocycles. The van der Waals surface area contributed by atoms with Gasteiger partial charge in [-0.05, 0) is 6.42 Å². The Bertz CT molecular complexity index is 184. The van der Waals surface area contributed by atoms with E-state index < -0.39 is 15.9 Å². The van der Waals surface area contributed by atoms with Crippen LogP contribution in [0.5, 0.6) is 0 Å². The third kappa shape index (κ3) is 6.68. The summed E-state index contributed by atoms with van der Waals surface area (Å²) in [6.07, 6.45) is -0.315. The zero-order valence-electron chi connectivity index (χ0n) is 7.38. The van der Waals surface area contributed by atoms with Crippen LogP contribution in [0.15, 0.2) is 0 Å². The van der Waals surface area contributed by atoms with Crippen LogP contribution in [-0.2, 0) is 9.53 Å². The molecule has 0 bridgehead atoms. The summed E-state index contributed by atoms with van der Waals surface area (Å²) in [4.78, 5) is 10.2. The summed E-state index contributed by atoms with van der Waals surface area (Å²) in [6, 6.07) is 0. The lowest BCUT2D eigenvalue weighted by atomic mass is 10.3. The van der Waals surface area contributed by atoms with E-state index in [-0.39, 0.29) is 19.6 Å². The Morgan fingerprint density at radius 3 is 2.43 bits per heavy atom. The Balaban J connectivity index is 3.69. The highest BCUT2D eigenvalue weighted by Crippen LogP contribution is 2.31. The van der Waals surface area contributed by atoms with Gasteiger partial charge in [0.25, 0.3) is 0 Å². The number of carboxylic acids is 1. The molecule has 7 heteroatoms. The number of ether oxygens (including phenoxy) is 1. The number of carbonyl (C=O) groups is 1. The molecular weight excluding hydrogens is 252 g/mol. The highest BCUT2D eigenvalue weighted by molar-refractivity contribution is 6.68. The minimum Gasteiger partial charge on any atom is -0.481 e. The molecule has 0 saturated carbocycles. The molecule has 14 heavy (non-hydrogen) atoms. The second-order valence-electron chi connectivity index (χ2n) is 2.63. The first-order chi connectivity index (χ1) is 6.38. The molecule has 0 amide bonds. The minimum atomic E-state index is -1.57. The van der Waals surface area contributed by atoms with Gasteiger partial charge in [-0.25, -0.2) is 0 Å². The maximum atomic E-state index is 10.2. The van der Waals surface area contributed by atoms with Crippen LogP contribution in [0.1, 0.15) is 12.8 Å². The van der Waals surface area contributed by atoms with E-state index in [9.17, 15) is 4.79 Å². The fourth-order valence-electron chi connectivity index (χ4n) is 0.745. The van der Waals surface area contributed by atoms with Crippen molar-refractivity contribution in [2.45, 2.75) is 22.7 Å². The summed E-state index contributed by atoms with van der Waals surface area (Å²) in [6.45, 7) is 0.283. The van der Waals surface area contributed by atoms with E-state index in [0.717, 1.165) is 0 Å².